The van der Waals surface area contributed by atoms with Gasteiger partial charge in [0.15, 0.2) is 0 Å². The Kier molecular flexibility index (Phi) is 5.39. The zero-order chi connectivity index (χ0) is 13.6. The molecule has 0 saturated heterocycles. The highest BCUT2D eigenvalue weighted by molar-refractivity contribution is 7.89. The third-order valence-corrected chi connectivity index (χ3v) is 3.35. The number of sulfonamides is 1. The molecule has 7 heteroatoms. The fourth-order valence-corrected chi connectivity index (χ4v) is 2.00. The van der Waals surface area contributed by atoms with E-state index in [4.69, 9.17) is 15.6 Å². The number of unbranched alkanes of at least 4 members (excludes halogenated alkanes) is 1. The second kappa shape index (κ2) is 6.58. The predicted octanol–water partition coefficient (Wildman–Crippen LogP) is 0.755. The van der Waals surface area contributed by atoms with E-state index in [1.165, 1.54) is 18.2 Å². The molecule has 0 atom stereocenters. The molecule has 0 heterocycles. The molecule has 102 valence electrons. The van der Waals surface area contributed by atoms with Crippen molar-refractivity contribution >= 4 is 21.4 Å². The largest absolute Gasteiger partial charge is 0.397 e. The Hall–Kier alpha value is -1.31. The van der Waals surface area contributed by atoms with Crippen molar-refractivity contribution in [2.24, 2.45) is 5.14 Å². The molecule has 1 aromatic carbocycles. The minimum atomic E-state index is -3.70. The number of nitrogen functional groups attached to an aromatic ring is 1. The summed E-state index contributed by atoms with van der Waals surface area (Å²) in [6.45, 7) is 1.40. The molecule has 5 N–H and O–H groups in total. The molecule has 1 rings (SSSR count). The minimum Gasteiger partial charge on any atom is -0.397 e. The molecule has 18 heavy (non-hydrogen) atoms. The summed E-state index contributed by atoms with van der Waals surface area (Å²) in [7, 11) is -2.04. The van der Waals surface area contributed by atoms with Crippen molar-refractivity contribution in [3.8, 4) is 0 Å². The Bertz CT molecular complexity index is 488. The van der Waals surface area contributed by atoms with Crippen LogP contribution in [-0.2, 0) is 14.8 Å². The van der Waals surface area contributed by atoms with Gasteiger partial charge in [0, 0.05) is 20.3 Å². The van der Waals surface area contributed by atoms with E-state index in [1.54, 1.807) is 7.11 Å². The first kappa shape index (κ1) is 14.7. The molecule has 0 amide bonds. The van der Waals surface area contributed by atoms with Gasteiger partial charge < -0.3 is 15.8 Å². The molecule has 0 bridgehead atoms. The lowest BCUT2D eigenvalue weighted by Crippen LogP contribution is -2.13. The number of ether oxygens (including phenoxy) is 1. The molecule has 0 aliphatic carbocycles. The molecular weight excluding hydrogens is 254 g/mol. The van der Waals surface area contributed by atoms with Gasteiger partial charge >= 0.3 is 0 Å². The molecule has 0 unspecified atom stereocenters. The van der Waals surface area contributed by atoms with Crippen LogP contribution in [0.25, 0.3) is 0 Å². The normalized spacial score (nSPS) is 11.4. The summed E-state index contributed by atoms with van der Waals surface area (Å²) in [5, 5.41) is 8.14. The third kappa shape index (κ3) is 4.52. The van der Waals surface area contributed by atoms with Crippen molar-refractivity contribution in [2.75, 3.05) is 31.3 Å². The monoisotopic (exact) mass is 273 g/mol. The first-order valence-corrected chi connectivity index (χ1v) is 7.15. The Morgan fingerprint density at radius 1 is 1.33 bits per heavy atom. The molecular formula is C11H19N3O3S. The zero-order valence-electron chi connectivity index (χ0n) is 10.3. The van der Waals surface area contributed by atoms with E-state index < -0.39 is 10.0 Å². The van der Waals surface area contributed by atoms with Gasteiger partial charge in [-0.1, -0.05) is 0 Å². The van der Waals surface area contributed by atoms with Crippen molar-refractivity contribution in [3.05, 3.63) is 18.2 Å². The lowest BCUT2D eigenvalue weighted by molar-refractivity contribution is 0.194. The van der Waals surface area contributed by atoms with Crippen LogP contribution in [0.4, 0.5) is 11.4 Å². The van der Waals surface area contributed by atoms with E-state index in [9.17, 15) is 8.42 Å². The topological polar surface area (TPSA) is 107 Å². The Morgan fingerprint density at radius 3 is 2.67 bits per heavy atom. The maximum atomic E-state index is 11.2. The van der Waals surface area contributed by atoms with Crippen LogP contribution in [0.2, 0.25) is 0 Å². The van der Waals surface area contributed by atoms with Gasteiger partial charge in [0.25, 0.3) is 0 Å². The Balaban J connectivity index is 2.65. The van der Waals surface area contributed by atoms with Gasteiger partial charge in [-0.2, -0.15) is 0 Å². The number of anilines is 2. The number of rotatable bonds is 7. The third-order valence-electron chi connectivity index (χ3n) is 2.44. The van der Waals surface area contributed by atoms with Crippen LogP contribution in [0.5, 0.6) is 0 Å². The maximum absolute atomic E-state index is 11.2. The quantitative estimate of drug-likeness (QED) is 0.502. The number of nitrogens with one attached hydrogen (secondary N) is 1. The summed E-state index contributed by atoms with van der Waals surface area (Å²) < 4.78 is 27.3. The van der Waals surface area contributed by atoms with E-state index in [1.807, 2.05) is 0 Å². The number of hydrogen-bond acceptors (Lipinski definition) is 5. The van der Waals surface area contributed by atoms with E-state index in [0.717, 1.165) is 12.8 Å². The summed E-state index contributed by atoms with van der Waals surface area (Å²) in [5.41, 5.74) is 6.83. The van der Waals surface area contributed by atoms with Crippen molar-refractivity contribution in [1.29, 1.82) is 0 Å². The van der Waals surface area contributed by atoms with Crippen LogP contribution in [0, 0.1) is 0 Å². The highest BCUT2D eigenvalue weighted by atomic mass is 32.2. The first-order valence-electron chi connectivity index (χ1n) is 5.60. The molecule has 0 fully saturated rings. The summed E-state index contributed by atoms with van der Waals surface area (Å²) in [5.74, 6) is 0. The van der Waals surface area contributed by atoms with Crippen LogP contribution in [0.15, 0.2) is 23.1 Å². The van der Waals surface area contributed by atoms with Crippen LogP contribution in [-0.4, -0.2) is 28.7 Å². The van der Waals surface area contributed by atoms with Gasteiger partial charge in [0.1, 0.15) is 0 Å². The number of nitrogens with two attached hydrogens (primary N) is 2. The van der Waals surface area contributed by atoms with Crippen LogP contribution in [0.3, 0.4) is 0 Å². The highest BCUT2D eigenvalue weighted by Crippen LogP contribution is 2.22. The SMILES string of the molecule is COCCCCNc1cc(S(N)(=O)=O)ccc1N. The second-order valence-electron chi connectivity index (χ2n) is 3.92. The molecule has 0 radical (unpaired) electrons. The number of methoxy groups -OCH3 is 1. The molecule has 0 aromatic heterocycles. The van der Waals surface area contributed by atoms with Crippen LogP contribution >= 0.6 is 0 Å². The van der Waals surface area contributed by atoms with Crippen molar-refractivity contribution in [1.82, 2.24) is 0 Å². The smallest absolute Gasteiger partial charge is 0.238 e. The fraction of sp³-hybridized carbons (Fsp3) is 0.455. The van der Waals surface area contributed by atoms with E-state index in [2.05, 4.69) is 5.32 Å². The fourth-order valence-electron chi connectivity index (χ4n) is 1.46. The molecule has 6 nitrogen and oxygen atoms in total. The van der Waals surface area contributed by atoms with Gasteiger partial charge in [-0.15, -0.1) is 0 Å². The van der Waals surface area contributed by atoms with E-state index in [0.29, 0.717) is 24.5 Å². The molecule has 0 aliphatic heterocycles. The molecule has 0 spiro atoms. The first-order chi connectivity index (χ1) is 8.45. The van der Waals surface area contributed by atoms with Crippen LogP contribution < -0.4 is 16.2 Å². The summed E-state index contributed by atoms with van der Waals surface area (Å²) in [4.78, 5) is 0.0519. The summed E-state index contributed by atoms with van der Waals surface area (Å²) >= 11 is 0. The van der Waals surface area contributed by atoms with Crippen molar-refractivity contribution < 1.29 is 13.2 Å². The van der Waals surface area contributed by atoms with Crippen LogP contribution in [0.1, 0.15) is 12.8 Å². The number of benzene rings is 1. The summed E-state index contributed by atoms with van der Waals surface area (Å²) in [6, 6.07) is 4.36. The highest BCUT2D eigenvalue weighted by Gasteiger charge is 2.09. The number of primary sulfonamides is 1. The number of hydrogen-bond donors (Lipinski definition) is 3. The average molecular weight is 273 g/mol. The van der Waals surface area contributed by atoms with Gasteiger partial charge in [0.2, 0.25) is 10.0 Å². The standard InChI is InChI=1S/C11H19N3O3S/c1-17-7-3-2-6-14-11-8-9(18(13,15)16)4-5-10(11)12/h4-5,8,14H,2-3,6-7,12H2,1H3,(H2,13,15,16). The Morgan fingerprint density at radius 2 is 2.06 bits per heavy atom. The van der Waals surface area contributed by atoms with Gasteiger partial charge in [-0.05, 0) is 31.0 Å². The molecule has 1 aromatic rings. The Labute approximate surface area is 107 Å². The molecule has 0 saturated carbocycles. The zero-order valence-corrected chi connectivity index (χ0v) is 11.2. The minimum absolute atomic E-state index is 0.0519. The van der Waals surface area contributed by atoms with Gasteiger partial charge in [-0.25, -0.2) is 13.6 Å². The average Bonchev–Trinajstić information content (AvgIpc) is 2.29. The maximum Gasteiger partial charge on any atom is 0.238 e. The van der Waals surface area contributed by atoms with Crippen molar-refractivity contribution in [3.63, 3.8) is 0 Å². The second-order valence-corrected chi connectivity index (χ2v) is 5.48. The predicted molar refractivity (Wildman–Crippen MR) is 71.8 cm³/mol. The molecule has 0 aliphatic rings. The lowest BCUT2D eigenvalue weighted by atomic mass is 10.2. The summed E-state index contributed by atoms with van der Waals surface area (Å²) in [6.07, 6.45) is 1.84. The van der Waals surface area contributed by atoms with E-state index in [-0.39, 0.29) is 4.90 Å². The lowest BCUT2D eigenvalue weighted by Gasteiger charge is -2.10. The van der Waals surface area contributed by atoms with Gasteiger partial charge in [-0.3, -0.25) is 0 Å². The van der Waals surface area contributed by atoms with Gasteiger partial charge in [0.05, 0.1) is 16.3 Å². The van der Waals surface area contributed by atoms with Crippen molar-refractivity contribution in [2.45, 2.75) is 17.7 Å². The van der Waals surface area contributed by atoms with E-state index >= 15 is 0 Å².